The SMILES string of the molecule is CCC(C)c1cc2cc3nc(cc4ccc(cc5nc(cc1[nH]2)C=C5)[nH]4)C=C3.[Zn]. The van der Waals surface area contributed by atoms with Gasteiger partial charge < -0.3 is 9.97 Å². The van der Waals surface area contributed by atoms with Gasteiger partial charge in [-0.2, -0.15) is 0 Å². The maximum absolute atomic E-state index is 4.76. The van der Waals surface area contributed by atoms with E-state index in [2.05, 4.69) is 84.5 Å². The molecular weight excluding hydrogens is 410 g/mol. The normalized spacial score (nSPS) is 13.3. The van der Waals surface area contributed by atoms with E-state index in [0.717, 1.165) is 51.3 Å². The molecular formula is C24H22N4Zn. The molecule has 3 aromatic heterocycles. The molecule has 2 aliphatic heterocycles. The fourth-order valence-corrected chi connectivity index (χ4v) is 3.67. The summed E-state index contributed by atoms with van der Waals surface area (Å²) in [6.07, 6.45) is 9.31. The van der Waals surface area contributed by atoms with E-state index in [1.807, 2.05) is 6.08 Å². The third-order valence-electron chi connectivity index (χ3n) is 5.34. The summed E-state index contributed by atoms with van der Waals surface area (Å²) in [6.45, 7) is 4.49. The van der Waals surface area contributed by atoms with Gasteiger partial charge in [-0.1, -0.05) is 13.8 Å². The molecule has 140 valence electrons. The van der Waals surface area contributed by atoms with Crippen LogP contribution in [0.1, 0.15) is 54.5 Å². The first kappa shape index (κ1) is 19.5. The second-order valence-electron chi connectivity index (χ2n) is 7.44. The Morgan fingerprint density at radius 1 is 0.724 bits per heavy atom. The number of rotatable bonds is 2. The van der Waals surface area contributed by atoms with Crippen molar-refractivity contribution in [1.82, 2.24) is 19.9 Å². The quantitative estimate of drug-likeness (QED) is 0.328. The van der Waals surface area contributed by atoms with Gasteiger partial charge in [-0.3, -0.25) is 0 Å². The summed E-state index contributed by atoms with van der Waals surface area (Å²) < 4.78 is 0. The van der Waals surface area contributed by atoms with Crippen molar-refractivity contribution in [2.45, 2.75) is 26.2 Å². The summed E-state index contributed by atoms with van der Waals surface area (Å²) in [5.41, 5.74) is 9.38. The van der Waals surface area contributed by atoms with E-state index in [0.29, 0.717) is 5.92 Å². The van der Waals surface area contributed by atoms with Crippen molar-refractivity contribution < 1.29 is 19.5 Å². The maximum Gasteiger partial charge on any atom is 0.0658 e. The Kier molecular flexibility index (Phi) is 5.34. The van der Waals surface area contributed by atoms with E-state index < -0.39 is 0 Å². The molecule has 5 rings (SSSR count). The van der Waals surface area contributed by atoms with E-state index in [-0.39, 0.29) is 19.5 Å². The summed E-state index contributed by atoms with van der Waals surface area (Å²) in [5.74, 6) is 0.473. The molecule has 2 aliphatic rings. The van der Waals surface area contributed by atoms with E-state index in [1.54, 1.807) is 0 Å². The Hall–Kier alpha value is -2.78. The molecule has 0 amide bonds. The molecule has 0 fully saturated rings. The number of fused-ring (bicyclic) bond motifs is 8. The van der Waals surface area contributed by atoms with Crippen LogP contribution in [0.2, 0.25) is 0 Å². The second-order valence-corrected chi connectivity index (χ2v) is 7.44. The molecule has 1 unspecified atom stereocenters. The van der Waals surface area contributed by atoms with Crippen LogP contribution in [-0.2, 0) is 19.5 Å². The Balaban J connectivity index is 0.00000205. The van der Waals surface area contributed by atoms with Crippen LogP contribution in [0.5, 0.6) is 0 Å². The molecule has 8 bridgehead atoms. The zero-order valence-electron chi connectivity index (χ0n) is 16.7. The number of aromatic amines is 2. The molecule has 1 atom stereocenters. The van der Waals surface area contributed by atoms with Gasteiger partial charge in [0, 0.05) is 41.5 Å². The van der Waals surface area contributed by atoms with Crippen LogP contribution in [0.15, 0.2) is 42.5 Å². The Labute approximate surface area is 182 Å². The largest absolute Gasteiger partial charge is 0.355 e. The molecule has 0 aliphatic carbocycles. The third kappa shape index (κ3) is 4.01. The summed E-state index contributed by atoms with van der Waals surface area (Å²) in [4.78, 5) is 16.5. The van der Waals surface area contributed by atoms with Crippen LogP contribution in [0.25, 0.3) is 46.4 Å². The van der Waals surface area contributed by atoms with Crippen molar-refractivity contribution >= 4 is 46.4 Å². The first-order valence-corrected chi connectivity index (χ1v) is 9.74. The molecule has 3 aromatic rings. The first-order valence-electron chi connectivity index (χ1n) is 9.74. The van der Waals surface area contributed by atoms with Gasteiger partial charge >= 0.3 is 0 Å². The van der Waals surface area contributed by atoms with Crippen LogP contribution >= 0.6 is 0 Å². The predicted octanol–water partition coefficient (Wildman–Crippen LogP) is 6.17. The topological polar surface area (TPSA) is 57.4 Å². The first-order chi connectivity index (χ1) is 13.7. The summed E-state index contributed by atoms with van der Waals surface area (Å²) in [5, 5.41) is 0. The maximum atomic E-state index is 4.76. The molecule has 5 heterocycles. The number of H-pyrrole nitrogens is 2. The van der Waals surface area contributed by atoms with Gasteiger partial charge in [0.1, 0.15) is 0 Å². The molecule has 5 heteroatoms. The van der Waals surface area contributed by atoms with Crippen molar-refractivity contribution in [3.05, 3.63) is 70.8 Å². The fourth-order valence-electron chi connectivity index (χ4n) is 3.67. The summed E-state index contributed by atoms with van der Waals surface area (Å²) >= 11 is 0. The van der Waals surface area contributed by atoms with Gasteiger partial charge in [-0.15, -0.1) is 0 Å². The average molecular weight is 432 g/mol. The van der Waals surface area contributed by atoms with Crippen molar-refractivity contribution in [3.8, 4) is 0 Å². The van der Waals surface area contributed by atoms with Crippen molar-refractivity contribution in [3.63, 3.8) is 0 Å². The predicted molar refractivity (Wildman–Crippen MR) is 118 cm³/mol. The van der Waals surface area contributed by atoms with Crippen LogP contribution in [0.4, 0.5) is 0 Å². The van der Waals surface area contributed by atoms with Crippen molar-refractivity contribution in [2.75, 3.05) is 0 Å². The van der Waals surface area contributed by atoms with Crippen LogP contribution in [-0.4, -0.2) is 19.9 Å². The molecule has 29 heavy (non-hydrogen) atoms. The van der Waals surface area contributed by atoms with E-state index in [1.165, 1.54) is 5.56 Å². The van der Waals surface area contributed by atoms with Crippen LogP contribution < -0.4 is 0 Å². The van der Waals surface area contributed by atoms with Gasteiger partial charge in [0.15, 0.2) is 0 Å². The van der Waals surface area contributed by atoms with Crippen LogP contribution in [0, 0.1) is 0 Å². The molecule has 0 saturated heterocycles. The zero-order valence-corrected chi connectivity index (χ0v) is 19.7. The number of nitrogens with one attached hydrogen (secondary N) is 2. The monoisotopic (exact) mass is 430 g/mol. The van der Waals surface area contributed by atoms with Gasteiger partial charge in [0.05, 0.1) is 22.8 Å². The number of hydrogen-bond acceptors (Lipinski definition) is 2. The van der Waals surface area contributed by atoms with E-state index in [4.69, 9.17) is 9.97 Å². The number of hydrogen-bond donors (Lipinski definition) is 2. The molecule has 0 spiro atoms. The Bertz CT molecular complexity index is 1280. The Morgan fingerprint density at radius 3 is 1.79 bits per heavy atom. The van der Waals surface area contributed by atoms with Crippen LogP contribution in [0.3, 0.4) is 0 Å². The minimum atomic E-state index is 0. The number of aromatic nitrogens is 4. The molecule has 0 saturated carbocycles. The zero-order chi connectivity index (χ0) is 19.1. The molecule has 2 N–H and O–H groups in total. The van der Waals surface area contributed by atoms with Gasteiger partial charge in [-0.05, 0) is 84.7 Å². The molecule has 4 nitrogen and oxygen atoms in total. The van der Waals surface area contributed by atoms with E-state index in [9.17, 15) is 0 Å². The smallest absolute Gasteiger partial charge is 0.0658 e. The third-order valence-corrected chi connectivity index (χ3v) is 5.34. The summed E-state index contributed by atoms with van der Waals surface area (Å²) in [7, 11) is 0. The van der Waals surface area contributed by atoms with Gasteiger partial charge in [-0.25, -0.2) is 9.97 Å². The number of nitrogens with zero attached hydrogens (tertiary/aromatic N) is 2. The minimum Gasteiger partial charge on any atom is -0.355 e. The van der Waals surface area contributed by atoms with Gasteiger partial charge in [0.25, 0.3) is 0 Å². The molecule has 0 aromatic carbocycles. The fraction of sp³-hybridized carbons (Fsp3) is 0.167. The van der Waals surface area contributed by atoms with Crippen molar-refractivity contribution in [1.29, 1.82) is 0 Å². The summed E-state index contributed by atoms with van der Waals surface area (Å²) in [6, 6.07) is 14.7. The average Bonchev–Trinajstić information content (AvgIpc) is 3.45. The van der Waals surface area contributed by atoms with Gasteiger partial charge in [0.2, 0.25) is 0 Å². The Morgan fingerprint density at radius 2 is 1.24 bits per heavy atom. The second kappa shape index (κ2) is 7.92. The van der Waals surface area contributed by atoms with E-state index >= 15 is 0 Å². The van der Waals surface area contributed by atoms with Crippen molar-refractivity contribution in [2.24, 2.45) is 0 Å². The molecule has 0 radical (unpaired) electrons. The minimum absolute atomic E-state index is 0. The standard InChI is InChI=1S/C24H22N4.Zn/c1-3-15(2)23-13-22-12-20-7-6-18(26-20)10-16-4-5-17(25-16)11-19-8-9-21(27-19)14-24(23)28-22;/h4-15,25,28H,3H2,1-2H3;.